The third kappa shape index (κ3) is 1.10. The number of ether oxygens (including phenoxy) is 1. The molecule has 1 saturated heterocycles. The second-order valence-corrected chi connectivity index (χ2v) is 4.74. The van der Waals surface area contributed by atoms with Gasteiger partial charge in [-0.25, -0.2) is 0 Å². The molecule has 4 aliphatic rings. The molecule has 0 aromatic heterocycles. The molecule has 4 fully saturated rings. The zero-order chi connectivity index (χ0) is 10.6. The van der Waals surface area contributed by atoms with Crippen molar-refractivity contribution in [2.45, 2.75) is 25.7 Å². The van der Waals surface area contributed by atoms with E-state index in [0.29, 0.717) is 6.42 Å². The molecule has 4 nitrogen and oxygen atoms in total. The van der Waals surface area contributed by atoms with E-state index in [1.165, 1.54) is 0 Å². The van der Waals surface area contributed by atoms with E-state index >= 15 is 0 Å². The zero-order valence-corrected chi connectivity index (χ0v) is 8.27. The molecule has 4 rings (SSSR count). The number of hydrogen-bond acceptors (Lipinski definition) is 4. The highest BCUT2D eigenvalue weighted by Gasteiger charge is 2.57. The average Bonchev–Trinajstić information content (AvgIpc) is 2.39. The van der Waals surface area contributed by atoms with Crippen LogP contribution in [0.5, 0.6) is 0 Å². The second-order valence-electron chi connectivity index (χ2n) is 4.74. The van der Waals surface area contributed by atoms with E-state index < -0.39 is 17.9 Å². The Morgan fingerprint density at radius 1 is 0.933 bits per heavy atom. The van der Waals surface area contributed by atoms with Crippen molar-refractivity contribution in [3.63, 3.8) is 0 Å². The number of esters is 2. The van der Waals surface area contributed by atoms with Crippen molar-refractivity contribution in [2.24, 2.45) is 23.7 Å². The summed E-state index contributed by atoms with van der Waals surface area (Å²) in [6.07, 6.45) is 2.93. The predicted molar refractivity (Wildman–Crippen MR) is 48.5 cm³/mol. The van der Waals surface area contributed by atoms with E-state index in [1.54, 1.807) is 0 Å². The van der Waals surface area contributed by atoms with Gasteiger partial charge in [-0.2, -0.15) is 0 Å². The van der Waals surface area contributed by atoms with Gasteiger partial charge < -0.3 is 4.74 Å². The normalized spacial score (nSPS) is 43.9. The summed E-state index contributed by atoms with van der Waals surface area (Å²) >= 11 is 0. The van der Waals surface area contributed by atoms with Gasteiger partial charge in [0.1, 0.15) is 5.78 Å². The molecule has 15 heavy (non-hydrogen) atoms. The summed E-state index contributed by atoms with van der Waals surface area (Å²) in [5.74, 6) is -1.53. The van der Waals surface area contributed by atoms with Crippen molar-refractivity contribution >= 4 is 17.7 Å². The van der Waals surface area contributed by atoms with Gasteiger partial charge in [-0.1, -0.05) is 0 Å². The minimum absolute atomic E-state index is 0.150. The third-order valence-electron chi connectivity index (χ3n) is 4.10. The second kappa shape index (κ2) is 2.90. The quantitative estimate of drug-likeness (QED) is 0.434. The Hall–Kier alpha value is -1.19. The van der Waals surface area contributed by atoms with E-state index in [-0.39, 0.29) is 23.5 Å². The Balaban J connectivity index is 2.05. The number of Topliss-reactive ketones (excluding diaryl/α,β-unsaturated/α-hetero) is 1. The topological polar surface area (TPSA) is 60.4 Å². The lowest BCUT2D eigenvalue weighted by molar-refractivity contribution is -0.155. The number of ketones is 1. The SMILES string of the molecule is O=C1OC(=O)[C@@H]2[C@H]1[C@@H]1CCC(=O)[C@H]2CC1. The van der Waals surface area contributed by atoms with Gasteiger partial charge in [0.05, 0.1) is 11.8 Å². The number of carbonyl (C=O) groups excluding carboxylic acids is 3. The van der Waals surface area contributed by atoms with Crippen LogP contribution >= 0.6 is 0 Å². The van der Waals surface area contributed by atoms with Crippen LogP contribution in [0.15, 0.2) is 0 Å². The summed E-state index contributed by atoms with van der Waals surface area (Å²) in [5, 5.41) is 0. The van der Waals surface area contributed by atoms with Crippen molar-refractivity contribution < 1.29 is 19.1 Å². The van der Waals surface area contributed by atoms with Gasteiger partial charge in [0, 0.05) is 12.3 Å². The van der Waals surface area contributed by atoms with Gasteiger partial charge in [0.2, 0.25) is 0 Å². The zero-order valence-electron chi connectivity index (χ0n) is 8.27. The molecular formula is C11H12O4. The highest BCUT2D eigenvalue weighted by atomic mass is 16.6. The van der Waals surface area contributed by atoms with Crippen LogP contribution in [0, 0.1) is 23.7 Å². The van der Waals surface area contributed by atoms with Crippen molar-refractivity contribution in [2.75, 3.05) is 0 Å². The van der Waals surface area contributed by atoms with E-state index in [1.807, 2.05) is 0 Å². The smallest absolute Gasteiger partial charge is 0.318 e. The first-order chi connectivity index (χ1) is 7.18. The van der Waals surface area contributed by atoms with Gasteiger partial charge in [0.15, 0.2) is 0 Å². The van der Waals surface area contributed by atoms with Crippen LogP contribution in [0.1, 0.15) is 25.7 Å². The highest BCUT2D eigenvalue weighted by molar-refractivity contribution is 6.00. The number of fused-ring (bicyclic) bond motifs is 3. The van der Waals surface area contributed by atoms with Crippen molar-refractivity contribution in [1.29, 1.82) is 0 Å². The average molecular weight is 208 g/mol. The Labute approximate surface area is 87.0 Å². The molecule has 1 heterocycles. The maximum atomic E-state index is 11.7. The van der Waals surface area contributed by atoms with Crippen molar-refractivity contribution in [3.8, 4) is 0 Å². The van der Waals surface area contributed by atoms with Crippen LogP contribution in [0.3, 0.4) is 0 Å². The number of carbonyl (C=O) groups is 3. The summed E-state index contributed by atoms with van der Waals surface area (Å²) in [5.41, 5.74) is 0. The first kappa shape index (κ1) is 9.07. The number of rotatable bonds is 0. The molecule has 0 spiro atoms. The first-order valence-corrected chi connectivity index (χ1v) is 5.46. The fourth-order valence-electron chi connectivity index (χ4n) is 3.38. The summed E-state index contributed by atoms with van der Waals surface area (Å²) in [6.45, 7) is 0. The van der Waals surface area contributed by atoms with E-state index in [9.17, 15) is 14.4 Å². The molecule has 0 N–H and O–H groups in total. The summed E-state index contributed by atoms with van der Waals surface area (Å²) in [6, 6.07) is 0. The van der Waals surface area contributed by atoms with Crippen molar-refractivity contribution in [3.05, 3.63) is 0 Å². The molecule has 3 saturated carbocycles. The summed E-state index contributed by atoms with van der Waals surface area (Å²) in [7, 11) is 0. The minimum Gasteiger partial charge on any atom is -0.393 e. The van der Waals surface area contributed by atoms with E-state index in [0.717, 1.165) is 19.3 Å². The molecule has 0 aromatic carbocycles. The monoisotopic (exact) mass is 208 g/mol. The molecular weight excluding hydrogens is 196 g/mol. The van der Waals surface area contributed by atoms with E-state index in [2.05, 4.69) is 4.74 Å². The molecule has 4 heteroatoms. The summed E-state index contributed by atoms with van der Waals surface area (Å²) in [4.78, 5) is 34.8. The maximum absolute atomic E-state index is 11.7. The highest BCUT2D eigenvalue weighted by Crippen LogP contribution is 2.49. The van der Waals surface area contributed by atoms with Gasteiger partial charge >= 0.3 is 11.9 Å². The van der Waals surface area contributed by atoms with Gasteiger partial charge in [-0.05, 0) is 25.2 Å². The minimum atomic E-state index is -0.463. The Kier molecular flexibility index (Phi) is 1.75. The Morgan fingerprint density at radius 2 is 1.67 bits per heavy atom. The van der Waals surface area contributed by atoms with Crippen molar-refractivity contribution in [1.82, 2.24) is 0 Å². The molecule has 80 valence electrons. The van der Waals surface area contributed by atoms with Crippen LogP contribution < -0.4 is 0 Å². The Bertz CT molecular complexity index is 360. The first-order valence-electron chi connectivity index (χ1n) is 5.46. The van der Waals surface area contributed by atoms with Crippen LogP contribution in [0.4, 0.5) is 0 Å². The number of hydrogen-bond donors (Lipinski definition) is 0. The lowest BCUT2D eigenvalue weighted by Gasteiger charge is -2.30. The fraction of sp³-hybridized carbons (Fsp3) is 0.727. The summed E-state index contributed by atoms with van der Waals surface area (Å²) < 4.78 is 4.66. The number of cyclic esters (lactones) is 2. The fourth-order valence-corrected chi connectivity index (χ4v) is 3.38. The van der Waals surface area contributed by atoms with E-state index in [4.69, 9.17) is 0 Å². The molecule has 2 bridgehead atoms. The standard InChI is InChI=1S/C11H12O4/c12-7-4-2-5-1-3-6(7)9-8(5)10(13)15-11(9)14/h5-6,8-9H,1-4H2/t5-,6+,8+,9-/m0/s1. The van der Waals surface area contributed by atoms with Gasteiger partial charge in [-0.15, -0.1) is 0 Å². The van der Waals surface area contributed by atoms with Crippen LogP contribution in [0.2, 0.25) is 0 Å². The van der Waals surface area contributed by atoms with Crippen LogP contribution in [-0.4, -0.2) is 17.7 Å². The van der Waals surface area contributed by atoms with Crippen LogP contribution in [-0.2, 0) is 19.1 Å². The lowest BCUT2D eigenvalue weighted by Crippen LogP contribution is -2.36. The molecule has 0 unspecified atom stereocenters. The molecule has 1 aliphatic heterocycles. The molecule has 4 atom stereocenters. The molecule has 0 radical (unpaired) electrons. The van der Waals surface area contributed by atoms with Crippen LogP contribution in [0.25, 0.3) is 0 Å². The molecule has 0 aromatic rings. The largest absolute Gasteiger partial charge is 0.393 e. The van der Waals surface area contributed by atoms with Gasteiger partial charge in [-0.3, -0.25) is 14.4 Å². The lowest BCUT2D eigenvalue weighted by atomic mass is 9.69. The third-order valence-corrected chi connectivity index (χ3v) is 4.10. The van der Waals surface area contributed by atoms with Gasteiger partial charge in [0.25, 0.3) is 0 Å². The molecule has 0 amide bonds. The maximum Gasteiger partial charge on any atom is 0.318 e. The molecule has 3 aliphatic carbocycles. The predicted octanol–water partition coefficient (Wildman–Crippen LogP) is 0.691. The Morgan fingerprint density at radius 3 is 2.47 bits per heavy atom.